The molecule has 0 radical (unpaired) electrons. The average Bonchev–Trinajstić information content (AvgIpc) is 3.21. The van der Waals surface area contributed by atoms with Crippen LogP contribution < -0.4 is 20.3 Å². The smallest absolute Gasteiger partial charge is 0.246 e. The van der Waals surface area contributed by atoms with Crippen LogP contribution in [0.15, 0.2) is 42.7 Å². The molecule has 10 heteroatoms. The summed E-state index contributed by atoms with van der Waals surface area (Å²) in [5, 5.41) is 10.6. The molecule has 0 spiro atoms. The van der Waals surface area contributed by atoms with E-state index in [1.165, 1.54) is 12.1 Å². The maximum absolute atomic E-state index is 12.9. The van der Waals surface area contributed by atoms with Crippen molar-refractivity contribution >= 4 is 36.6 Å². The first kappa shape index (κ1) is 23.4. The van der Waals surface area contributed by atoms with Crippen LogP contribution in [0.25, 0.3) is 0 Å². The van der Waals surface area contributed by atoms with Crippen molar-refractivity contribution < 1.29 is 13.9 Å². The summed E-state index contributed by atoms with van der Waals surface area (Å²) in [6.07, 6.45) is 3.74. The Hall–Kier alpha value is -3.27. The molecule has 1 amide bonds. The van der Waals surface area contributed by atoms with Gasteiger partial charge < -0.3 is 20.3 Å². The van der Waals surface area contributed by atoms with Crippen molar-refractivity contribution in [3.63, 3.8) is 0 Å². The minimum absolute atomic E-state index is 0. The van der Waals surface area contributed by atoms with Gasteiger partial charge in [-0.1, -0.05) is 0 Å². The average molecular weight is 459 g/mol. The fourth-order valence-corrected chi connectivity index (χ4v) is 3.39. The number of aromatic nitrogens is 3. The number of halogens is 1. The number of carbonyl (C=O) groups is 1. The molecule has 3 heterocycles. The summed E-state index contributed by atoms with van der Waals surface area (Å²) in [4.78, 5) is 18.6. The first-order chi connectivity index (χ1) is 14.9. The largest absolute Gasteiger partial charge is 0.492 e. The summed E-state index contributed by atoms with van der Waals surface area (Å²) in [7, 11) is 1.91. The molecule has 1 aliphatic heterocycles. The van der Waals surface area contributed by atoms with E-state index in [0.29, 0.717) is 25.4 Å². The Morgan fingerprint density at radius 2 is 2.03 bits per heavy atom. The molecule has 8 nitrogen and oxygen atoms in total. The van der Waals surface area contributed by atoms with Crippen LogP contribution in [-0.2, 0) is 17.9 Å². The van der Waals surface area contributed by atoms with Crippen molar-refractivity contribution in [3.05, 3.63) is 59.8 Å². The molecule has 32 heavy (non-hydrogen) atoms. The second-order valence-corrected chi connectivity index (χ2v) is 7.53. The highest BCUT2D eigenvalue weighted by molar-refractivity contribution is 7.59. The lowest BCUT2D eigenvalue weighted by molar-refractivity contribution is -0.117. The summed E-state index contributed by atoms with van der Waals surface area (Å²) in [5.74, 6) is 1.04. The van der Waals surface area contributed by atoms with Gasteiger partial charge in [-0.3, -0.25) is 9.48 Å². The fraction of sp³-hybridized carbons (Fsp3) is 0.318. The molecule has 1 aliphatic rings. The number of rotatable bonds is 7. The van der Waals surface area contributed by atoms with E-state index in [1.807, 2.05) is 38.1 Å². The molecule has 0 fully saturated rings. The first-order valence-corrected chi connectivity index (χ1v) is 10.1. The van der Waals surface area contributed by atoms with Crippen molar-refractivity contribution in [2.75, 3.05) is 29.2 Å². The van der Waals surface area contributed by atoms with E-state index in [-0.39, 0.29) is 31.3 Å². The van der Waals surface area contributed by atoms with E-state index in [0.717, 1.165) is 28.5 Å². The minimum atomic E-state index is -0.286. The number of likely N-dealkylation sites (N-methyl/N-ethyl adjacent to an activating group) is 1. The summed E-state index contributed by atoms with van der Waals surface area (Å²) in [6, 6.07) is 7.65. The van der Waals surface area contributed by atoms with Gasteiger partial charge >= 0.3 is 0 Å². The zero-order valence-electron chi connectivity index (χ0n) is 18.2. The third-order valence-corrected chi connectivity index (χ3v) is 5.33. The molecule has 1 aromatic carbocycles. The summed E-state index contributed by atoms with van der Waals surface area (Å²) in [5.41, 5.74) is 3.47. The molecule has 0 saturated heterocycles. The minimum Gasteiger partial charge on any atom is -0.492 e. The van der Waals surface area contributed by atoms with Crippen molar-refractivity contribution in [2.45, 2.75) is 33.0 Å². The highest BCUT2D eigenvalue weighted by Gasteiger charge is 2.28. The number of aryl methyl sites for hydroxylation is 1. The number of nitrogens with one attached hydrogen (secondary N) is 2. The maximum atomic E-state index is 12.9. The Bertz CT molecular complexity index is 1090. The van der Waals surface area contributed by atoms with Gasteiger partial charge in [-0.25, -0.2) is 9.37 Å². The van der Waals surface area contributed by atoms with Crippen molar-refractivity contribution in [1.29, 1.82) is 0 Å². The van der Waals surface area contributed by atoms with Crippen molar-refractivity contribution in [1.82, 2.24) is 14.8 Å². The van der Waals surface area contributed by atoms with Gasteiger partial charge in [0.1, 0.15) is 30.0 Å². The van der Waals surface area contributed by atoms with Gasteiger partial charge in [0.25, 0.3) is 0 Å². The van der Waals surface area contributed by atoms with E-state index >= 15 is 0 Å². The molecule has 0 unspecified atom stereocenters. The van der Waals surface area contributed by atoms with Crippen molar-refractivity contribution in [2.24, 2.45) is 0 Å². The van der Waals surface area contributed by atoms with Gasteiger partial charge in [-0.05, 0) is 38.1 Å². The van der Waals surface area contributed by atoms with Crippen LogP contribution in [0.5, 0.6) is 5.75 Å². The number of ether oxygens (including phenoxy) is 1. The Balaban J connectivity index is 0.00000289. The molecular weight excluding hydrogens is 431 g/mol. The normalized spacial score (nSPS) is 14.9. The lowest BCUT2D eigenvalue weighted by Crippen LogP contribution is -2.44. The monoisotopic (exact) mass is 458 g/mol. The first-order valence-electron chi connectivity index (χ1n) is 10.1. The zero-order valence-corrected chi connectivity index (χ0v) is 19.2. The topological polar surface area (TPSA) is 84.3 Å². The van der Waals surface area contributed by atoms with E-state index in [4.69, 9.17) is 4.74 Å². The lowest BCUT2D eigenvalue weighted by Gasteiger charge is -2.34. The SMILES string of the molecule is Cc1nc(NCc2cnn(CCOc3ccc(F)cc3)c2)cc2c1NC(=O)[C@H](C)N2C.S. The third-order valence-electron chi connectivity index (χ3n) is 5.33. The molecule has 0 bridgehead atoms. The second kappa shape index (κ2) is 9.90. The highest BCUT2D eigenvalue weighted by atomic mass is 32.1. The molecule has 0 aliphatic carbocycles. The highest BCUT2D eigenvalue weighted by Crippen LogP contribution is 2.34. The van der Waals surface area contributed by atoms with Gasteiger partial charge in [0.2, 0.25) is 5.91 Å². The number of hydrogen-bond donors (Lipinski definition) is 2. The van der Waals surface area contributed by atoms with Crippen molar-refractivity contribution in [3.8, 4) is 5.75 Å². The van der Waals surface area contributed by atoms with E-state index in [2.05, 4.69) is 20.7 Å². The van der Waals surface area contributed by atoms with Gasteiger partial charge in [0, 0.05) is 31.4 Å². The van der Waals surface area contributed by atoms with Crippen LogP contribution in [0.1, 0.15) is 18.2 Å². The number of carbonyl (C=O) groups excluding carboxylic acids is 1. The van der Waals surface area contributed by atoms with Crippen LogP contribution in [0, 0.1) is 12.7 Å². The van der Waals surface area contributed by atoms with Gasteiger partial charge in [-0.15, -0.1) is 0 Å². The van der Waals surface area contributed by atoms with Gasteiger partial charge in [0.05, 0.1) is 29.8 Å². The van der Waals surface area contributed by atoms with Crippen LogP contribution in [0.4, 0.5) is 21.6 Å². The van der Waals surface area contributed by atoms with Crippen LogP contribution in [-0.4, -0.2) is 40.4 Å². The predicted molar refractivity (Wildman–Crippen MR) is 127 cm³/mol. The molecule has 1 atom stereocenters. The Kier molecular flexibility index (Phi) is 7.24. The van der Waals surface area contributed by atoms with Gasteiger partial charge in [-0.2, -0.15) is 18.6 Å². The molecule has 3 aromatic rings. The number of hydrogen-bond acceptors (Lipinski definition) is 6. The molecule has 2 N–H and O–H groups in total. The zero-order chi connectivity index (χ0) is 22.0. The van der Waals surface area contributed by atoms with Gasteiger partial charge in [0.15, 0.2) is 0 Å². The quantitative estimate of drug-likeness (QED) is 0.565. The number of amides is 1. The number of nitrogens with zero attached hydrogens (tertiary/aromatic N) is 4. The van der Waals surface area contributed by atoms with Crippen LogP contribution in [0.3, 0.4) is 0 Å². The predicted octanol–water partition coefficient (Wildman–Crippen LogP) is 3.31. The summed E-state index contributed by atoms with van der Waals surface area (Å²) < 4.78 is 20.3. The number of anilines is 3. The Labute approximate surface area is 193 Å². The molecule has 170 valence electrons. The third kappa shape index (κ3) is 5.13. The number of fused-ring (bicyclic) bond motifs is 1. The van der Waals surface area contributed by atoms with Crippen LogP contribution >= 0.6 is 13.5 Å². The summed E-state index contributed by atoms with van der Waals surface area (Å²) in [6.45, 7) is 5.33. The Morgan fingerprint density at radius 1 is 1.28 bits per heavy atom. The fourth-order valence-electron chi connectivity index (χ4n) is 3.39. The number of pyridine rings is 1. The molecular formula is C22H27FN6O2S. The number of benzene rings is 1. The second-order valence-electron chi connectivity index (χ2n) is 7.53. The van der Waals surface area contributed by atoms with E-state index in [1.54, 1.807) is 23.0 Å². The van der Waals surface area contributed by atoms with E-state index in [9.17, 15) is 9.18 Å². The van der Waals surface area contributed by atoms with E-state index < -0.39 is 0 Å². The Morgan fingerprint density at radius 3 is 2.78 bits per heavy atom. The molecule has 2 aromatic heterocycles. The summed E-state index contributed by atoms with van der Waals surface area (Å²) >= 11 is 0. The standard InChI is InChI=1S/C22H25FN6O2.H2S/c1-14-21-19(28(3)15(2)22(30)27-21)10-20(26-14)24-11-16-12-25-29(13-16)8-9-31-18-6-4-17(23)5-7-18;/h4-7,10,12-13,15H,8-9,11H2,1-3H3,(H,24,26)(H,27,30);1H2/t15-;/m0./s1. The maximum Gasteiger partial charge on any atom is 0.246 e. The molecule has 4 rings (SSSR count). The van der Waals surface area contributed by atoms with Crippen LogP contribution in [0.2, 0.25) is 0 Å². The lowest BCUT2D eigenvalue weighted by atomic mass is 10.1. The molecule has 0 saturated carbocycles.